The second-order valence-corrected chi connectivity index (χ2v) is 4.77. The Balaban J connectivity index is 2.33. The molecule has 0 heterocycles. The number of ether oxygens (including phenoxy) is 1. The first-order valence-corrected chi connectivity index (χ1v) is 6.09. The third-order valence-corrected chi connectivity index (χ3v) is 2.66. The zero-order valence-electron chi connectivity index (χ0n) is 9.82. The Bertz CT molecular complexity index is 365. The number of halogens is 2. The van der Waals surface area contributed by atoms with Gasteiger partial charge in [-0.05, 0) is 31.2 Å². The van der Waals surface area contributed by atoms with Gasteiger partial charge < -0.3 is 9.64 Å². The molecule has 1 rings (SSSR count). The molecule has 0 radical (unpaired) electrons. The number of likely N-dealkylation sites (N-methyl/N-ethyl adjacent to an activating group) is 1. The molecule has 0 aromatic heterocycles. The van der Waals surface area contributed by atoms with E-state index in [0.717, 1.165) is 5.75 Å². The summed E-state index contributed by atoms with van der Waals surface area (Å²) in [6.45, 7) is 2.58. The van der Waals surface area contributed by atoms with Crippen molar-refractivity contribution >= 4 is 29.1 Å². The van der Waals surface area contributed by atoms with E-state index in [4.69, 9.17) is 27.9 Å². The van der Waals surface area contributed by atoms with E-state index < -0.39 is 5.38 Å². The lowest BCUT2D eigenvalue weighted by atomic mass is 10.3. The lowest BCUT2D eigenvalue weighted by Crippen LogP contribution is -2.35. The average Bonchev–Trinajstić information content (AvgIpc) is 2.30. The molecule has 0 N–H and O–H groups in total. The third-order valence-electron chi connectivity index (χ3n) is 2.23. The zero-order chi connectivity index (χ0) is 12.8. The van der Waals surface area contributed by atoms with Crippen LogP contribution in [0.25, 0.3) is 0 Å². The van der Waals surface area contributed by atoms with Gasteiger partial charge in [0.25, 0.3) is 0 Å². The van der Waals surface area contributed by atoms with Gasteiger partial charge in [-0.1, -0.05) is 11.6 Å². The van der Waals surface area contributed by atoms with Gasteiger partial charge >= 0.3 is 0 Å². The number of amides is 1. The van der Waals surface area contributed by atoms with E-state index in [1.807, 2.05) is 0 Å². The monoisotopic (exact) mass is 275 g/mol. The summed E-state index contributed by atoms with van der Waals surface area (Å²) >= 11 is 11.4. The molecule has 0 aliphatic heterocycles. The van der Waals surface area contributed by atoms with E-state index in [-0.39, 0.29) is 5.91 Å². The Morgan fingerprint density at radius 1 is 1.41 bits per heavy atom. The van der Waals surface area contributed by atoms with E-state index in [9.17, 15) is 4.79 Å². The summed E-state index contributed by atoms with van der Waals surface area (Å²) in [5, 5.41) is 0.163. The number of benzene rings is 1. The van der Waals surface area contributed by atoms with E-state index in [1.54, 1.807) is 43.1 Å². The number of carbonyl (C=O) groups excluding carboxylic acids is 1. The lowest BCUT2D eigenvalue weighted by molar-refractivity contribution is -0.129. The smallest absolute Gasteiger partial charge is 0.240 e. The maximum atomic E-state index is 11.5. The lowest BCUT2D eigenvalue weighted by Gasteiger charge is -2.18. The standard InChI is InChI=1S/C12H15Cl2NO2/c1-9(13)12(16)15(2)7-8-17-11-5-3-10(14)4-6-11/h3-6,9H,7-8H2,1-2H3. The molecule has 0 spiro atoms. The van der Waals surface area contributed by atoms with Gasteiger partial charge in [-0.2, -0.15) is 0 Å². The van der Waals surface area contributed by atoms with Crippen molar-refractivity contribution in [3.63, 3.8) is 0 Å². The van der Waals surface area contributed by atoms with Gasteiger partial charge in [0, 0.05) is 12.1 Å². The van der Waals surface area contributed by atoms with Crippen LogP contribution in [0.2, 0.25) is 5.02 Å². The Kier molecular flexibility index (Phi) is 5.59. The highest BCUT2D eigenvalue weighted by Gasteiger charge is 2.14. The van der Waals surface area contributed by atoms with Crippen LogP contribution in [0.4, 0.5) is 0 Å². The molecular weight excluding hydrogens is 261 g/mol. The summed E-state index contributed by atoms with van der Waals surface area (Å²) in [6, 6.07) is 7.09. The van der Waals surface area contributed by atoms with Crippen molar-refractivity contribution in [2.45, 2.75) is 12.3 Å². The molecule has 1 atom stereocenters. The maximum absolute atomic E-state index is 11.5. The predicted octanol–water partition coefficient (Wildman–Crippen LogP) is 2.80. The third kappa shape index (κ3) is 4.84. The Hall–Kier alpha value is -0.930. The largest absolute Gasteiger partial charge is 0.492 e. The van der Waals surface area contributed by atoms with Gasteiger partial charge in [-0.25, -0.2) is 0 Å². The quantitative estimate of drug-likeness (QED) is 0.774. The first-order chi connectivity index (χ1) is 8.00. The number of hydrogen-bond acceptors (Lipinski definition) is 2. The van der Waals surface area contributed by atoms with Gasteiger partial charge in [0.15, 0.2) is 0 Å². The zero-order valence-corrected chi connectivity index (χ0v) is 11.3. The van der Waals surface area contributed by atoms with Crippen LogP contribution in [0.5, 0.6) is 5.75 Å². The van der Waals surface area contributed by atoms with Crippen LogP contribution in [0.15, 0.2) is 24.3 Å². The van der Waals surface area contributed by atoms with Crippen LogP contribution < -0.4 is 4.74 Å². The summed E-state index contributed by atoms with van der Waals surface area (Å²) in [7, 11) is 1.70. The van der Waals surface area contributed by atoms with E-state index in [0.29, 0.717) is 18.2 Å². The van der Waals surface area contributed by atoms with Gasteiger partial charge in [-0.3, -0.25) is 4.79 Å². The van der Waals surface area contributed by atoms with Gasteiger partial charge in [0.2, 0.25) is 5.91 Å². The maximum Gasteiger partial charge on any atom is 0.240 e. The molecule has 1 aromatic rings. The molecule has 1 amide bonds. The van der Waals surface area contributed by atoms with Crippen LogP contribution in [-0.2, 0) is 4.79 Å². The fraction of sp³-hybridized carbons (Fsp3) is 0.417. The number of rotatable bonds is 5. The number of carbonyl (C=O) groups is 1. The minimum absolute atomic E-state index is 0.105. The molecule has 0 fully saturated rings. The average molecular weight is 276 g/mol. The number of nitrogens with zero attached hydrogens (tertiary/aromatic N) is 1. The highest BCUT2D eigenvalue weighted by molar-refractivity contribution is 6.30. The van der Waals surface area contributed by atoms with Crippen molar-refractivity contribution in [2.24, 2.45) is 0 Å². The molecule has 0 bridgehead atoms. The fourth-order valence-electron chi connectivity index (χ4n) is 1.25. The van der Waals surface area contributed by atoms with Crippen LogP contribution >= 0.6 is 23.2 Å². The second kappa shape index (κ2) is 6.72. The molecule has 94 valence electrons. The molecule has 5 heteroatoms. The highest BCUT2D eigenvalue weighted by atomic mass is 35.5. The van der Waals surface area contributed by atoms with Crippen molar-refractivity contribution in [1.82, 2.24) is 4.90 Å². The molecule has 1 unspecified atom stereocenters. The second-order valence-electron chi connectivity index (χ2n) is 3.68. The summed E-state index contributed by atoms with van der Waals surface area (Å²) in [5.74, 6) is 0.626. The van der Waals surface area contributed by atoms with Crippen molar-refractivity contribution in [3.05, 3.63) is 29.3 Å². The topological polar surface area (TPSA) is 29.5 Å². The van der Waals surface area contributed by atoms with Gasteiger partial charge in [-0.15, -0.1) is 11.6 Å². The molecule has 0 aliphatic rings. The van der Waals surface area contributed by atoms with Crippen LogP contribution in [0.1, 0.15) is 6.92 Å². The molecule has 17 heavy (non-hydrogen) atoms. The van der Waals surface area contributed by atoms with E-state index in [1.165, 1.54) is 0 Å². The molecule has 0 aliphatic carbocycles. The summed E-state index contributed by atoms with van der Waals surface area (Å²) in [5.41, 5.74) is 0. The molecule has 1 aromatic carbocycles. The fourth-order valence-corrected chi connectivity index (χ4v) is 1.54. The predicted molar refractivity (Wildman–Crippen MR) is 69.9 cm³/mol. The van der Waals surface area contributed by atoms with E-state index in [2.05, 4.69) is 0 Å². The van der Waals surface area contributed by atoms with Gasteiger partial charge in [0.1, 0.15) is 17.7 Å². The van der Waals surface area contributed by atoms with E-state index >= 15 is 0 Å². The summed E-state index contributed by atoms with van der Waals surface area (Å²) in [4.78, 5) is 13.0. The molecule has 0 saturated heterocycles. The highest BCUT2D eigenvalue weighted by Crippen LogP contribution is 2.15. The normalized spacial score (nSPS) is 12.0. The first-order valence-electron chi connectivity index (χ1n) is 5.28. The minimum Gasteiger partial charge on any atom is -0.492 e. The number of hydrogen-bond donors (Lipinski definition) is 0. The van der Waals surface area contributed by atoms with Crippen molar-refractivity contribution in [2.75, 3.05) is 20.2 Å². The van der Waals surface area contributed by atoms with Crippen LogP contribution in [-0.4, -0.2) is 36.4 Å². The first kappa shape index (κ1) is 14.1. The Morgan fingerprint density at radius 2 is 2.00 bits per heavy atom. The Labute approximate surface area is 111 Å². The minimum atomic E-state index is -0.504. The SMILES string of the molecule is CC(Cl)C(=O)N(C)CCOc1ccc(Cl)cc1. The van der Waals surface area contributed by atoms with Crippen molar-refractivity contribution < 1.29 is 9.53 Å². The van der Waals surface area contributed by atoms with Crippen molar-refractivity contribution in [1.29, 1.82) is 0 Å². The van der Waals surface area contributed by atoms with Crippen molar-refractivity contribution in [3.8, 4) is 5.75 Å². The summed E-state index contributed by atoms with van der Waals surface area (Å²) in [6.07, 6.45) is 0. The number of alkyl halides is 1. The van der Waals surface area contributed by atoms with Crippen LogP contribution in [0, 0.1) is 0 Å². The molecule has 0 saturated carbocycles. The Morgan fingerprint density at radius 3 is 2.53 bits per heavy atom. The van der Waals surface area contributed by atoms with Gasteiger partial charge in [0.05, 0.1) is 6.54 Å². The molecular formula is C12H15Cl2NO2. The summed E-state index contributed by atoms with van der Waals surface area (Å²) < 4.78 is 5.47. The van der Waals surface area contributed by atoms with Crippen LogP contribution in [0.3, 0.4) is 0 Å². The molecule has 3 nitrogen and oxygen atoms in total.